The summed E-state index contributed by atoms with van der Waals surface area (Å²) < 4.78 is 32.4. The minimum atomic E-state index is -0.711. The molecule has 0 bridgehead atoms. The quantitative estimate of drug-likeness (QED) is 0.340. The second-order valence-corrected chi connectivity index (χ2v) is 11.8. The number of methoxy groups -OCH3 is 2. The molecule has 2 aliphatic carbocycles. The Morgan fingerprint density at radius 3 is 2.62 bits per heavy atom. The number of aryl methyl sites for hydroxylation is 1. The smallest absolute Gasteiger partial charge is 0.307 e. The first-order valence-corrected chi connectivity index (χ1v) is 13.4. The van der Waals surface area contributed by atoms with Crippen molar-refractivity contribution in [1.82, 2.24) is 4.98 Å². The maximum absolute atomic E-state index is 15.0. The van der Waals surface area contributed by atoms with E-state index in [1.165, 1.54) is 18.9 Å². The lowest BCUT2D eigenvalue weighted by Gasteiger charge is -2.32. The number of carboxylic acids is 1. The number of carboxylic acid groups (broad SMARTS) is 1. The van der Waals surface area contributed by atoms with Crippen molar-refractivity contribution in [2.75, 3.05) is 14.2 Å². The first-order chi connectivity index (χ1) is 18.6. The van der Waals surface area contributed by atoms with Gasteiger partial charge in [-0.2, -0.15) is 0 Å². The van der Waals surface area contributed by atoms with Gasteiger partial charge in [0.25, 0.3) is 0 Å². The van der Waals surface area contributed by atoms with Gasteiger partial charge in [0.05, 0.1) is 25.3 Å². The average Bonchev–Trinajstić information content (AvgIpc) is 3.63. The van der Waals surface area contributed by atoms with Gasteiger partial charge in [-0.3, -0.25) is 4.79 Å². The van der Waals surface area contributed by atoms with Crippen LogP contribution in [-0.2, 0) is 28.0 Å². The van der Waals surface area contributed by atoms with E-state index in [1.807, 2.05) is 30.3 Å². The lowest BCUT2D eigenvalue weighted by molar-refractivity contribution is -0.139. The van der Waals surface area contributed by atoms with E-state index < -0.39 is 11.8 Å². The summed E-state index contributed by atoms with van der Waals surface area (Å²) in [4.78, 5) is 15.7. The summed E-state index contributed by atoms with van der Waals surface area (Å²) >= 11 is 0. The summed E-state index contributed by atoms with van der Waals surface area (Å²) in [5.74, 6) is -0.400. The fourth-order valence-electron chi connectivity index (χ4n) is 6.27. The van der Waals surface area contributed by atoms with E-state index in [-0.39, 0.29) is 22.9 Å². The largest absolute Gasteiger partial charge is 0.489 e. The van der Waals surface area contributed by atoms with Gasteiger partial charge in [0.15, 0.2) is 0 Å². The molecule has 5 rings (SSSR count). The summed E-state index contributed by atoms with van der Waals surface area (Å²) in [7, 11) is 3.17. The van der Waals surface area contributed by atoms with Gasteiger partial charge in [-0.15, -0.1) is 0 Å². The molecule has 39 heavy (non-hydrogen) atoms. The number of hydrogen-bond donors (Lipinski definition) is 1. The normalized spacial score (nSPS) is 20.8. The molecule has 1 spiro atoms. The Morgan fingerprint density at radius 1 is 1.15 bits per heavy atom. The SMILES string of the molecule is COc1cc(-c2ccc(COc3ccc4c(c3)C3(CCC4)CC3C(=O)O)cc2C(OC)C(C)(C)C)c(F)cn1. The molecule has 206 valence electrons. The molecule has 7 heteroatoms. The number of ether oxygens (including phenoxy) is 3. The van der Waals surface area contributed by atoms with Crippen LogP contribution in [0.25, 0.3) is 11.1 Å². The van der Waals surface area contributed by atoms with Crippen molar-refractivity contribution in [3.05, 3.63) is 76.7 Å². The number of benzene rings is 2. The zero-order valence-corrected chi connectivity index (χ0v) is 23.2. The van der Waals surface area contributed by atoms with Crippen LogP contribution in [0.1, 0.15) is 68.4 Å². The summed E-state index contributed by atoms with van der Waals surface area (Å²) in [5, 5.41) is 9.64. The number of halogens is 1. The summed E-state index contributed by atoms with van der Waals surface area (Å²) in [6.45, 7) is 6.57. The Hall–Kier alpha value is -3.45. The zero-order valence-electron chi connectivity index (χ0n) is 23.2. The van der Waals surface area contributed by atoms with Crippen molar-refractivity contribution in [3.63, 3.8) is 0 Å². The highest BCUT2D eigenvalue weighted by Gasteiger charge is 2.60. The molecule has 1 saturated carbocycles. The van der Waals surface area contributed by atoms with Gasteiger partial charge in [-0.25, -0.2) is 9.37 Å². The van der Waals surface area contributed by atoms with E-state index in [1.54, 1.807) is 13.2 Å². The fourth-order valence-corrected chi connectivity index (χ4v) is 6.27. The van der Waals surface area contributed by atoms with Crippen LogP contribution in [0.5, 0.6) is 11.6 Å². The van der Waals surface area contributed by atoms with Gasteiger partial charge < -0.3 is 19.3 Å². The molecule has 2 aromatic carbocycles. The van der Waals surface area contributed by atoms with E-state index in [4.69, 9.17) is 14.2 Å². The predicted molar refractivity (Wildman–Crippen MR) is 147 cm³/mol. The van der Waals surface area contributed by atoms with Crippen LogP contribution in [0.2, 0.25) is 0 Å². The highest BCUT2D eigenvalue weighted by atomic mass is 19.1. The number of carbonyl (C=O) groups is 1. The van der Waals surface area contributed by atoms with Gasteiger partial charge in [0, 0.05) is 24.2 Å². The second kappa shape index (κ2) is 10.3. The fraction of sp³-hybridized carbons (Fsp3) is 0.438. The summed E-state index contributed by atoms with van der Waals surface area (Å²) in [5.41, 5.74) is 4.73. The van der Waals surface area contributed by atoms with Crippen molar-refractivity contribution < 1.29 is 28.5 Å². The number of fused-ring (bicyclic) bond motifs is 2. The van der Waals surface area contributed by atoms with Crippen LogP contribution in [0, 0.1) is 17.2 Å². The Morgan fingerprint density at radius 2 is 1.95 bits per heavy atom. The van der Waals surface area contributed by atoms with Crippen molar-refractivity contribution in [3.8, 4) is 22.8 Å². The highest BCUT2D eigenvalue weighted by Crippen LogP contribution is 2.60. The Bertz CT molecular complexity index is 1400. The Kier molecular flexibility index (Phi) is 7.14. The topological polar surface area (TPSA) is 77.9 Å². The molecular weight excluding hydrogens is 497 g/mol. The Balaban J connectivity index is 1.46. The van der Waals surface area contributed by atoms with Crippen LogP contribution >= 0.6 is 0 Å². The standard InChI is InChI=1S/C32H36FNO5/c1-31(2,3)29(38-5)24-13-19(8-11-22(24)23-15-28(37-4)34-17-27(23)33)18-39-21-10-9-20-7-6-12-32(25(20)14-21)16-26(32)30(35)36/h8-11,13-15,17,26,29H,6-7,12,16,18H2,1-5H3,(H,35,36). The lowest BCUT2D eigenvalue weighted by Crippen LogP contribution is -2.21. The molecule has 3 atom stereocenters. The van der Waals surface area contributed by atoms with E-state index in [0.29, 0.717) is 30.0 Å². The molecule has 1 heterocycles. The van der Waals surface area contributed by atoms with E-state index in [2.05, 4.69) is 31.8 Å². The molecular formula is C32H36FNO5. The van der Waals surface area contributed by atoms with Gasteiger partial charge in [-0.05, 0) is 77.1 Å². The number of hydrogen-bond acceptors (Lipinski definition) is 5. The minimum absolute atomic E-state index is 0.248. The first kappa shape index (κ1) is 27.1. The third-order valence-electron chi connectivity index (χ3n) is 8.22. The van der Waals surface area contributed by atoms with Crippen LogP contribution in [0.4, 0.5) is 4.39 Å². The van der Waals surface area contributed by atoms with Crippen molar-refractivity contribution in [2.24, 2.45) is 11.3 Å². The molecule has 0 saturated heterocycles. The van der Waals surface area contributed by atoms with Crippen molar-refractivity contribution in [1.29, 1.82) is 0 Å². The molecule has 6 nitrogen and oxygen atoms in total. The van der Waals surface area contributed by atoms with Gasteiger partial charge in [0.1, 0.15) is 18.2 Å². The molecule has 1 aromatic heterocycles. The maximum Gasteiger partial charge on any atom is 0.307 e. The van der Waals surface area contributed by atoms with E-state index in [0.717, 1.165) is 41.7 Å². The monoisotopic (exact) mass is 533 g/mol. The number of pyridine rings is 1. The summed E-state index contributed by atoms with van der Waals surface area (Å²) in [6, 6.07) is 13.5. The van der Waals surface area contributed by atoms with Crippen molar-refractivity contribution >= 4 is 5.97 Å². The molecule has 0 radical (unpaired) electrons. The van der Waals surface area contributed by atoms with Crippen LogP contribution in [-0.4, -0.2) is 30.3 Å². The third-order valence-corrected chi connectivity index (χ3v) is 8.22. The van der Waals surface area contributed by atoms with Crippen LogP contribution in [0.15, 0.2) is 48.7 Å². The summed E-state index contributed by atoms with van der Waals surface area (Å²) in [6.07, 6.45) is 4.46. The van der Waals surface area contributed by atoms with Gasteiger partial charge >= 0.3 is 5.97 Å². The number of aliphatic carboxylic acids is 1. The molecule has 3 aromatic rings. The maximum atomic E-state index is 15.0. The predicted octanol–water partition coefficient (Wildman–Crippen LogP) is 6.89. The molecule has 0 aliphatic heterocycles. The number of nitrogens with zero attached hydrogens (tertiary/aromatic N) is 1. The van der Waals surface area contributed by atoms with Gasteiger partial charge in [-0.1, -0.05) is 39.0 Å². The minimum Gasteiger partial charge on any atom is -0.489 e. The van der Waals surface area contributed by atoms with Gasteiger partial charge in [0.2, 0.25) is 5.88 Å². The second-order valence-electron chi connectivity index (χ2n) is 11.8. The molecule has 1 N–H and O–H groups in total. The van der Waals surface area contributed by atoms with Crippen LogP contribution in [0.3, 0.4) is 0 Å². The average molecular weight is 534 g/mol. The number of rotatable bonds is 8. The van der Waals surface area contributed by atoms with Crippen LogP contribution < -0.4 is 9.47 Å². The molecule has 2 aliphatic rings. The highest BCUT2D eigenvalue weighted by molar-refractivity contribution is 5.78. The third kappa shape index (κ3) is 5.12. The molecule has 1 fully saturated rings. The van der Waals surface area contributed by atoms with E-state index in [9.17, 15) is 14.3 Å². The van der Waals surface area contributed by atoms with Crippen molar-refractivity contribution in [2.45, 2.75) is 64.6 Å². The van der Waals surface area contributed by atoms with E-state index >= 15 is 0 Å². The molecule has 0 amide bonds. The zero-order chi connectivity index (χ0) is 27.9. The molecule has 3 unspecified atom stereocenters. The Labute approximate surface area is 229 Å². The lowest BCUT2D eigenvalue weighted by atomic mass is 9.78. The number of aromatic nitrogens is 1. The first-order valence-electron chi connectivity index (χ1n) is 13.4.